The molecule has 2 aromatic carbocycles. The van der Waals surface area contributed by atoms with Crippen molar-refractivity contribution in [2.45, 2.75) is 19.8 Å². The van der Waals surface area contributed by atoms with E-state index in [1.165, 1.54) is 0 Å². The molecule has 2 aromatic heterocycles. The van der Waals surface area contributed by atoms with Crippen LogP contribution in [0.3, 0.4) is 0 Å². The monoisotopic (exact) mass is 371 g/mol. The van der Waals surface area contributed by atoms with Gasteiger partial charge in [-0.15, -0.1) is 0 Å². The lowest BCUT2D eigenvalue weighted by molar-refractivity contribution is 0.102. The first-order valence-electron chi connectivity index (χ1n) is 9.24. The van der Waals surface area contributed by atoms with Crippen LogP contribution in [0.4, 0.5) is 11.4 Å². The summed E-state index contributed by atoms with van der Waals surface area (Å²) in [4.78, 5) is 17.2. The van der Waals surface area contributed by atoms with Gasteiger partial charge >= 0.3 is 0 Å². The molecule has 0 aliphatic carbocycles. The standard InChI is InChI=1S/C22H21N5O/c1-2-4-16-14-20(23)19-13-17(7-10-21(19)25-16)26-22(28)15-5-8-18(9-6-15)27-12-3-11-24-27/h3,5-14H,2,4H2,1H3,(H2,23,25)(H,26,28). The fraction of sp³-hybridized carbons (Fsp3) is 0.136. The van der Waals surface area contributed by atoms with Crippen LogP contribution in [0.1, 0.15) is 29.4 Å². The van der Waals surface area contributed by atoms with E-state index in [1.807, 2.05) is 48.7 Å². The first-order valence-corrected chi connectivity index (χ1v) is 9.24. The molecule has 0 aliphatic rings. The zero-order valence-electron chi connectivity index (χ0n) is 15.6. The number of rotatable bonds is 5. The summed E-state index contributed by atoms with van der Waals surface area (Å²) in [6, 6.07) is 16.6. The van der Waals surface area contributed by atoms with Crippen molar-refractivity contribution in [2.75, 3.05) is 11.1 Å². The van der Waals surface area contributed by atoms with Crippen molar-refractivity contribution >= 4 is 28.2 Å². The number of aryl methyl sites for hydroxylation is 1. The third kappa shape index (κ3) is 3.57. The van der Waals surface area contributed by atoms with Crippen LogP contribution in [0.15, 0.2) is 67.0 Å². The Bertz CT molecular complexity index is 1120. The molecule has 1 amide bonds. The Balaban J connectivity index is 1.54. The summed E-state index contributed by atoms with van der Waals surface area (Å²) in [5.74, 6) is -0.180. The lowest BCUT2D eigenvalue weighted by atomic mass is 10.1. The molecule has 0 bridgehead atoms. The zero-order chi connectivity index (χ0) is 19.5. The van der Waals surface area contributed by atoms with E-state index in [-0.39, 0.29) is 5.91 Å². The molecule has 6 heteroatoms. The molecule has 0 radical (unpaired) electrons. The third-order valence-electron chi connectivity index (χ3n) is 4.56. The Morgan fingerprint density at radius 2 is 1.96 bits per heavy atom. The number of nitrogens with one attached hydrogen (secondary N) is 1. The van der Waals surface area contributed by atoms with E-state index in [1.54, 1.807) is 23.0 Å². The Morgan fingerprint density at radius 1 is 1.14 bits per heavy atom. The van der Waals surface area contributed by atoms with Crippen molar-refractivity contribution in [3.8, 4) is 5.69 Å². The minimum Gasteiger partial charge on any atom is -0.398 e. The molecule has 0 unspecified atom stereocenters. The number of carbonyl (C=O) groups excluding carboxylic acids is 1. The topological polar surface area (TPSA) is 85.8 Å². The largest absolute Gasteiger partial charge is 0.398 e. The SMILES string of the molecule is CCCc1cc(N)c2cc(NC(=O)c3ccc(-n4cccn4)cc3)ccc2n1. The van der Waals surface area contributed by atoms with E-state index in [0.29, 0.717) is 16.9 Å². The van der Waals surface area contributed by atoms with Gasteiger partial charge in [0, 0.05) is 40.4 Å². The second-order valence-electron chi connectivity index (χ2n) is 6.64. The lowest BCUT2D eigenvalue weighted by Crippen LogP contribution is -2.12. The van der Waals surface area contributed by atoms with Gasteiger partial charge in [-0.2, -0.15) is 5.10 Å². The van der Waals surface area contributed by atoms with Crippen LogP contribution in [0, 0.1) is 0 Å². The summed E-state index contributed by atoms with van der Waals surface area (Å²) in [5, 5.41) is 7.95. The van der Waals surface area contributed by atoms with Crippen LogP contribution >= 0.6 is 0 Å². The second kappa shape index (κ2) is 7.52. The average molecular weight is 371 g/mol. The highest BCUT2D eigenvalue weighted by Gasteiger charge is 2.09. The quantitative estimate of drug-likeness (QED) is 0.550. The number of pyridine rings is 1. The summed E-state index contributed by atoms with van der Waals surface area (Å²) < 4.78 is 1.74. The van der Waals surface area contributed by atoms with Gasteiger partial charge in [0.2, 0.25) is 0 Å². The van der Waals surface area contributed by atoms with Crippen LogP contribution in [0.25, 0.3) is 16.6 Å². The van der Waals surface area contributed by atoms with Crippen molar-refractivity contribution in [2.24, 2.45) is 0 Å². The van der Waals surface area contributed by atoms with Crippen molar-refractivity contribution < 1.29 is 4.79 Å². The predicted octanol–water partition coefficient (Wildman–Crippen LogP) is 4.21. The van der Waals surface area contributed by atoms with Crippen LogP contribution in [-0.4, -0.2) is 20.7 Å². The fourth-order valence-corrected chi connectivity index (χ4v) is 3.16. The highest BCUT2D eigenvalue weighted by atomic mass is 16.1. The Kier molecular flexibility index (Phi) is 4.76. The predicted molar refractivity (Wildman–Crippen MR) is 112 cm³/mol. The molecule has 0 saturated carbocycles. The van der Waals surface area contributed by atoms with Gasteiger partial charge in [-0.25, -0.2) is 4.68 Å². The number of anilines is 2. The summed E-state index contributed by atoms with van der Waals surface area (Å²) in [6.45, 7) is 2.11. The Morgan fingerprint density at radius 3 is 2.68 bits per heavy atom. The maximum atomic E-state index is 12.6. The van der Waals surface area contributed by atoms with Gasteiger partial charge in [-0.1, -0.05) is 13.3 Å². The summed E-state index contributed by atoms with van der Waals surface area (Å²) in [6.07, 6.45) is 5.49. The Labute approximate surface area is 163 Å². The molecule has 2 heterocycles. The van der Waals surface area contributed by atoms with E-state index < -0.39 is 0 Å². The van der Waals surface area contributed by atoms with Gasteiger partial charge < -0.3 is 11.1 Å². The first kappa shape index (κ1) is 17.7. The number of nitrogen functional groups attached to an aromatic ring is 1. The molecule has 0 atom stereocenters. The van der Waals surface area contributed by atoms with E-state index in [4.69, 9.17) is 5.73 Å². The van der Waals surface area contributed by atoms with Crippen LogP contribution < -0.4 is 11.1 Å². The van der Waals surface area contributed by atoms with Gasteiger partial charge in [0.15, 0.2) is 0 Å². The molecule has 6 nitrogen and oxygen atoms in total. The van der Waals surface area contributed by atoms with Crippen LogP contribution in [0.2, 0.25) is 0 Å². The van der Waals surface area contributed by atoms with Crippen LogP contribution in [-0.2, 0) is 6.42 Å². The number of fused-ring (bicyclic) bond motifs is 1. The minimum absolute atomic E-state index is 0.180. The highest BCUT2D eigenvalue weighted by molar-refractivity contribution is 6.05. The van der Waals surface area contributed by atoms with Crippen LogP contribution in [0.5, 0.6) is 0 Å². The maximum Gasteiger partial charge on any atom is 0.255 e. The van der Waals surface area contributed by atoms with Crippen molar-refractivity contribution in [1.29, 1.82) is 0 Å². The molecular weight excluding hydrogens is 350 g/mol. The van der Waals surface area contributed by atoms with E-state index in [9.17, 15) is 4.79 Å². The highest BCUT2D eigenvalue weighted by Crippen LogP contribution is 2.25. The van der Waals surface area contributed by atoms with Gasteiger partial charge in [0.1, 0.15) is 0 Å². The summed E-state index contributed by atoms with van der Waals surface area (Å²) >= 11 is 0. The van der Waals surface area contributed by atoms with E-state index >= 15 is 0 Å². The number of hydrogen-bond donors (Lipinski definition) is 2. The maximum absolute atomic E-state index is 12.6. The third-order valence-corrected chi connectivity index (χ3v) is 4.56. The number of amides is 1. The normalized spacial score (nSPS) is 10.9. The van der Waals surface area contributed by atoms with Crippen molar-refractivity contribution in [3.63, 3.8) is 0 Å². The molecule has 0 fully saturated rings. The van der Waals surface area contributed by atoms with Gasteiger partial charge in [0.05, 0.1) is 11.2 Å². The molecule has 0 spiro atoms. The summed E-state index contributed by atoms with van der Waals surface area (Å²) in [5.41, 5.74) is 10.9. The van der Waals surface area contributed by atoms with Gasteiger partial charge in [0.25, 0.3) is 5.91 Å². The minimum atomic E-state index is -0.180. The molecule has 28 heavy (non-hydrogen) atoms. The van der Waals surface area contributed by atoms with Crippen molar-refractivity contribution in [3.05, 3.63) is 78.2 Å². The average Bonchev–Trinajstić information content (AvgIpc) is 3.24. The molecule has 3 N–H and O–H groups in total. The van der Waals surface area contributed by atoms with E-state index in [2.05, 4.69) is 22.3 Å². The zero-order valence-corrected chi connectivity index (χ0v) is 15.6. The molecular formula is C22H21N5O. The van der Waals surface area contributed by atoms with E-state index in [0.717, 1.165) is 35.1 Å². The van der Waals surface area contributed by atoms with Gasteiger partial charge in [-0.05, 0) is 61.0 Å². The first-order chi connectivity index (χ1) is 13.6. The number of aromatic nitrogens is 3. The fourth-order valence-electron chi connectivity index (χ4n) is 3.16. The molecule has 4 aromatic rings. The number of hydrogen-bond acceptors (Lipinski definition) is 4. The van der Waals surface area contributed by atoms with Crippen molar-refractivity contribution in [1.82, 2.24) is 14.8 Å². The molecule has 4 rings (SSSR count). The second-order valence-corrected chi connectivity index (χ2v) is 6.64. The number of benzene rings is 2. The lowest BCUT2D eigenvalue weighted by Gasteiger charge is -2.10. The smallest absolute Gasteiger partial charge is 0.255 e. The van der Waals surface area contributed by atoms with Gasteiger partial charge in [-0.3, -0.25) is 9.78 Å². The molecule has 140 valence electrons. The Hall–Kier alpha value is -3.67. The molecule has 0 aliphatic heterocycles. The number of nitrogens with zero attached hydrogens (tertiary/aromatic N) is 3. The number of nitrogens with two attached hydrogens (primary N) is 1. The summed E-state index contributed by atoms with van der Waals surface area (Å²) in [7, 11) is 0. The molecule has 0 saturated heterocycles. The number of carbonyl (C=O) groups is 1.